The van der Waals surface area contributed by atoms with E-state index in [4.69, 9.17) is 14.0 Å². The van der Waals surface area contributed by atoms with Crippen molar-refractivity contribution in [2.75, 3.05) is 0 Å². The van der Waals surface area contributed by atoms with Gasteiger partial charge in [-0.3, -0.25) is 0 Å². The maximum absolute atomic E-state index is 11.3. The zero-order valence-corrected chi connectivity index (χ0v) is 27.5. The standard InChI is InChI=1S/C40H33N3O2S/c1-22-13-24(3)36(25(4)14-22)31-18-30(19-32(20-31)37-26(5)15-23(2)16-27(37)6)35-12-11-34(38-39(35)43-46-42-38)29-9-7-28(8-10-29)17-33(21-41)40(44)45/h7-20H,1-6H3,(H,44,45)/b33-17+. The fourth-order valence-electron chi connectivity index (χ4n) is 6.74. The van der Waals surface area contributed by atoms with Gasteiger partial charge in [0.15, 0.2) is 0 Å². The maximum Gasteiger partial charge on any atom is 0.346 e. The Balaban J connectivity index is 1.53. The first-order chi connectivity index (χ1) is 22.0. The van der Waals surface area contributed by atoms with Crippen molar-refractivity contribution in [2.45, 2.75) is 41.5 Å². The van der Waals surface area contributed by atoms with Gasteiger partial charge in [0, 0.05) is 11.1 Å². The molecule has 5 aromatic carbocycles. The van der Waals surface area contributed by atoms with E-state index in [2.05, 4.69) is 96.1 Å². The Morgan fingerprint density at radius 1 is 0.652 bits per heavy atom. The molecule has 6 aromatic rings. The van der Waals surface area contributed by atoms with Gasteiger partial charge < -0.3 is 5.11 Å². The zero-order valence-electron chi connectivity index (χ0n) is 26.7. The number of carboxylic acid groups (broad SMARTS) is 1. The average molecular weight is 620 g/mol. The second kappa shape index (κ2) is 12.2. The van der Waals surface area contributed by atoms with Gasteiger partial charge in [-0.25, -0.2) is 4.79 Å². The van der Waals surface area contributed by atoms with Gasteiger partial charge in [0.1, 0.15) is 22.7 Å². The van der Waals surface area contributed by atoms with E-state index in [9.17, 15) is 9.90 Å². The van der Waals surface area contributed by atoms with Gasteiger partial charge in [-0.1, -0.05) is 71.8 Å². The zero-order chi connectivity index (χ0) is 32.7. The molecule has 0 aliphatic carbocycles. The first-order valence-electron chi connectivity index (χ1n) is 15.1. The number of hydrogen-bond acceptors (Lipinski definition) is 5. The highest BCUT2D eigenvalue weighted by Gasteiger charge is 2.18. The summed E-state index contributed by atoms with van der Waals surface area (Å²) in [5, 5.41) is 18.3. The van der Waals surface area contributed by atoms with Gasteiger partial charge in [-0.05, 0) is 127 Å². The number of aryl methyl sites for hydroxylation is 6. The lowest BCUT2D eigenvalue weighted by molar-refractivity contribution is -0.132. The van der Waals surface area contributed by atoms with Crippen LogP contribution in [0.2, 0.25) is 0 Å². The largest absolute Gasteiger partial charge is 0.477 e. The Morgan fingerprint density at radius 2 is 1.09 bits per heavy atom. The molecule has 1 heterocycles. The smallest absolute Gasteiger partial charge is 0.346 e. The first kappa shape index (κ1) is 30.6. The molecule has 6 heteroatoms. The van der Waals surface area contributed by atoms with E-state index in [-0.39, 0.29) is 5.57 Å². The van der Waals surface area contributed by atoms with Crippen molar-refractivity contribution in [1.82, 2.24) is 8.75 Å². The van der Waals surface area contributed by atoms with Gasteiger partial charge in [-0.2, -0.15) is 14.0 Å². The highest BCUT2D eigenvalue weighted by atomic mass is 32.1. The van der Waals surface area contributed by atoms with Crippen LogP contribution in [0, 0.1) is 52.9 Å². The molecule has 0 spiro atoms. The summed E-state index contributed by atoms with van der Waals surface area (Å²) in [7, 11) is 0. The van der Waals surface area contributed by atoms with Crippen LogP contribution in [-0.2, 0) is 4.79 Å². The van der Waals surface area contributed by atoms with E-state index in [1.807, 2.05) is 24.3 Å². The Labute approximate surface area is 273 Å². The summed E-state index contributed by atoms with van der Waals surface area (Å²) in [6, 6.07) is 29.3. The van der Waals surface area contributed by atoms with Gasteiger partial charge in [-0.15, -0.1) is 0 Å². The number of aromatic nitrogens is 2. The van der Waals surface area contributed by atoms with Gasteiger partial charge in [0.05, 0.1) is 11.7 Å². The Kier molecular flexibility index (Phi) is 8.12. The minimum Gasteiger partial charge on any atom is -0.477 e. The molecular formula is C40H33N3O2S. The number of aliphatic carboxylic acids is 1. The molecule has 0 amide bonds. The van der Waals surface area contributed by atoms with E-state index >= 15 is 0 Å². The molecule has 0 unspecified atom stereocenters. The lowest BCUT2D eigenvalue weighted by Gasteiger charge is -2.18. The van der Waals surface area contributed by atoms with Crippen LogP contribution in [0.1, 0.15) is 38.9 Å². The minimum absolute atomic E-state index is 0.308. The SMILES string of the molecule is Cc1cc(C)c(-c2cc(-c3c(C)cc(C)cc3C)cc(-c3ccc(-c4ccc(/C=C(\C#N)C(=O)O)cc4)c4nsnc34)c2)c(C)c1. The van der Waals surface area contributed by atoms with Crippen molar-refractivity contribution in [3.63, 3.8) is 0 Å². The van der Waals surface area contributed by atoms with Crippen molar-refractivity contribution in [2.24, 2.45) is 0 Å². The summed E-state index contributed by atoms with van der Waals surface area (Å²) in [6.07, 6.45) is 1.37. The Bertz CT molecular complexity index is 2130. The molecule has 0 saturated heterocycles. The number of hydrogen-bond donors (Lipinski definition) is 1. The molecule has 1 aromatic heterocycles. The number of rotatable bonds is 6. The van der Waals surface area contributed by atoms with Crippen LogP contribution < -0.4 is 0 Å². The van der Waals surface area contributed by atoms with Crippen LogP contribution in [0.15, 0.2) is 84.4 Å². The number of benzene rings is 5. The van der Waals surface area contributed by atoms with Crippen LogP contribution >= 0.6 is 11.7 Å². The fraction of sp³-hybridized carbons (Fsp3) is 0.150. The molecule has 0 saturated carbocycles. The molecule has 0 fully saturated rings. The number of fused-ring (bicyclic) bond motifs is 1. The molecule has 0 atom stereocenters. The third-order valence-electron chi connectivity index (χ3n) is 8.47. The molecule has 226 valence electrons. The fourth-order valence-corrected chi connectivity index (χ4v) is 7.32. The molecule has 0 bridgehead atoms. The number of carbonyl (C=O) groups is 1. The van der Waals surface area contributed by atoms with Crippen LogP contribution in [0.5, 0.6) is 0 Å². The van der Waals surface area contributed by atoms with Crippen LogP contribution in [0.4, 0.5) is 0 Å². The number of nitrogens with zero attached hydrogens (tertiary/aromatic N) is 3. The summed E-state index contributed by atoms with van der Waals surface area (Å²) in [4.78, 5) is 11.3. The average Bonchev–Trinajstić information content (AvgIpc) is 3.49. The topological polar surface area (TPSA) is 86.9 Å². The lowest BCUT2D eigenvalue weighted by Crippen LogP contribution is -1.97. The highest BCUT2D eigenvalue weighted by molar-refractivity contribution is 7.00. The minimum atomic E-state index is -1.25. The summed E-state index contributed by atoms with van der Waals surface area (Å²) in [5.41, 5.74) is 18.3. The van der Waals surface area contributed by atoms with Crippen molar-refractivity contribution in [3.8, 4) is 50.6 Å². The van der Waals surface area contributed by atoms with Crippen LogP contribution in [0.25, 0.3) is 61.6 Å². The lowest BCUT2D eigenvalue weighted by atomic mass is 9.86. The molecule has 6 rings (SSSR count). The molecule has 0 aliphatic rings. The molecule has 0 radical (unpaired) electrons. The first-order valence-corrected chi connectivity index (χ1v) is 15.8. The van der Waals surface area contributed by atoms with Crippen LogP contribution in [0.3, 0.4) is 0 Å². The summed E-state index contributed by atoms with van der Waals surface area (Å²) < 4.78 is 9.51. The molecule has 46 heavy (non-hydrogen) atoms. The van der Waals surface area contributed by atoms with Gasteiger partial charge in [0.25, 0.3) is 0 Å². The van der Waals surface area contributed by atoms with E-state index in [1.54, 1.807) is 6.07 Å². The second-order valence-corrected chi connectivity index (χ2v) is 12.6. The summed E-state index contributed by atoms with van der Waals surface area (Å²) in [6.45, 7) is 13.0. The maximum atomic E-state index is 11.3. The third-order valence-corrected chi connectivity index (χ3v) is 9.00. The highest BCUT2D eigenvalue weighted by Crippen LogP contribution is 2.41. The quantitative estimate of drug-likeness (QED) is 0.148. The second-order valence-electron chi connectivity index (χ2n) is 12.1. The van der Waals surface area contributed by atoms with Crippen LogP contribution in [-0.4, -0.2) is 19.8 Å². The normalized spacial score (nSPS) is 11.5. The third kappa shape index (κ3) is 5.74. The summed E-state index contributed by atoms with van der Waals surface area (Å²) in [5.74, 6) is -1.25. The van der Waals surface area contributed by atoms with Crippen molar-refractivity contribution < 1.29 is 9.90 Å². The molecule has 1 N–H and O–H groups in total. The Hall–Kier alpha value is -5.38. The predicted molar refractivity (Wildman–Crippen MR) is 189 cm³/mol. The molecule has 5 nitrogen and oxygen atoms in total. The van der Waals surface area contributed by atoms with Gasteiger partial charge in [0.2, 0.25) is 0 Å². The predicted octanol–water partition coefficient (Wildman–Crippen LogP) is 10.2. The molecule has 0 aliphatic heterocycles. The monoisotopic (exact) mass is 619 g/mol. The van der Waals surface area contributed by atoms with E-state index in [0.717, 1.165) is 33.3 Å². The van der Waals surface area contributed by atoms with E-state index < -0.39 is 5.97 Å². The van der Waals surface area contributed by atoms with Gasteiger partial charge >= 0.3 is 5.97 Å². The summed E-state index contributed by atoms with van der Waals surface area (Å²) >= 11 is 1.19. The number of nitriles is 1. The van der Waals surface area contributed by atoms with E-state index in [1.165, 1.54) is 73.4 Å². The van der Waals surface area contributed by atoms with Crippen molar-refractivity contribution in [3.05, 3.63) is 123 Å². The van der Waals surface area contributed by atoms with Crippen molar-refractivity contribution >= 4 is 34.8 Å². The number of carboxylic acids is 1. The van der Waals surface area contributed by atoms with Crippen molar-refractivity contribution in [1.29, 1.82) is 5.26 Å². The van der Waals surface area contributed by atoms with E-state index in [0.29, 0.717) is 5.56 Å². The Morgan fingerprint density at radius 3 is 1.52 bits per heavy atom. The molecular weight excluding hydrogens is 587 g/mol.